The fourth-order valence-electron chi connectivity index (χ4n) is 1.44. The van der Waals surface area contributed by atoms with Crippen molar-refractivity contribution in [3.05, 3.63) is 23.8 Å². The van der Waals surface area contributed by atoms with Gasteiger partial charge in [0.25, 0.3) is 0 Å². The van der Waals surface area contributed by atoms with Gasteiger partial charge in [0.2, 0.25) is 10.0 Å². The fourth-order valence-corrected chi connectivity index (χ4v) is 2.89. The number of aromatic carboxylic acids is 1. The summed E-state index contributed by atoms with van der Waals surface area (Å²) in [6.45, 7) is 4.06. The molecule has 19 heavy (non-hydrogen) atoms. The summed E-state index contributed by atoms with van der Waals surface area (Å²) in [4.78, 5) is 10.9. The van der Waals surface area contributed by atoms with Crippen LogP contribution >= 0.6 is 0 Å². The van der Waals surface area contributed by atoms with Crippen molar-refractivity contribution in [3.8, 4) is 0 Å². The van der Waals surface area contributed by atoms with E-state index in [0.717, 1.165) is 6.07 Å². The van der Waals surface area contributed by atoms with E-state index in [-0.39, 0.29) is 16.4 Å². The first-order chi connectivity index (χ1) is 8.77. The van der Waals surface area contributed by atoms with Crippen molar-refractivity contribution in [1.29, 1.82) is 0 Å². The number of carbonyl (C=O) groups is 1. The zero-order valence-corrected chi connectivity index (χ0v) is 11.9. The van der Waals surface area contributed by atoms with Gasteiger partial charge in [0.1, 0.15) is 4.90 Å². The number of nitrogens with one attached hydrogen (secondary N) is 2. The Bertz CT molecular complexity index is 567. The van der Waals surface area contributed by atoms with Gasteiger partial charge >= 0.3 is 5.97 Å². The lowest BCUT2D eigenvalue weighted by Gasteiger charge is -2.13. The minimum Gasteiger partial charge on any atom is -0.478 e. The van der Waals surface area contributed by atoms with Crippen LogP contribution in [-0.2, 0) is 10.0 Å². The monoisotopic (exact) mass is 286 g/mol. The number of hydrogen-bond acceptors (Lipinski definition) is 4. The van der Waals surface area contributed by atoms with Crippen molar-refractivity contribution in [2.45, 2.75) is 18.7 Å². The van der Waals surface area contributed by atoms with Crippen LogP contribution in [0.15, 0.2) is 23.1 Å². The van der Waals surface area contributed by atoms with E-state index in [0.29, 0.717) is 12.2 Å². The molecule has 106 valence electrons. The minimum atomic E-state index is -3.73. The average Bonchev–Trinajstić information content (AvgIpc) is 2.35. The van der Waals surface area contributed by atoms with Crippen LogP contribution in [0.1, 0.15) is 24.2 Å². The maximum atomic E-state index is 12.1. The van der Waals surface area contributed by atoms with E-state index >= 15 is 0 Å². The lowest BCUT2D eigenvalue weighted by Crippen LogP contribution is -2.28. The number of hydrogen-bond donors (Lipinski definition) is 3. The summed E-state index contributed by atoms with van der Waals surface area (Å²) in [5, 5.41) is 11.7. The first kappa shape index (κ1) is 15.5. The fraction of sp³-hybridized carbons (Fsp3) is 0.417. The van der Waals surface area contributed by atoms with Gasteiger partial charge in [-0.05, 0) is 24.1 Å². The Morgan fingerprint density at radius 1 is 1.37 bits per heavy atom. The Hall–Kier alpha value is -1.60. The first-order valence-electron chi connectivity index (χ1n) is 5.82. The number of carboxylic acid groups (broad SMARTS) is 1. The molecule has 0 radical (unpaired) electrons. The van der Waals surface area contributed by atoms with Crippen molar-refractivity contribution in [2.24, 2.45) is 5.92 Å². The number of rotatable bonds is 6. The molecular weight excluding hydrogens is 268 g/mol. The van der Waals surface area contributed by atoms with E-state index in [1.807, 2.05) is 13.8 Å². The molecule has 1 rings (SSSR count). The summed E-state index contributed by atoms with van der Waals surface area (Å²) in [6, 6.07) is 3.94. The maximum absolute atomic E-state index is 12.1. The lowest BCUT2D eigenvalue weighted by molar-refractivity contribution is 0.0696. The molecule has 0 unspecified atom stereocenters. The van der Waals surface area contributed by atoms with Crippen LogP contribution in [0.2, 0.25) is 0 Å². The molecule has 0 aliphatic rings. The predicted molar refractivity (Wildman–Crippen MR) is 73.0 cm³/mol. The topological polar surface area (TPSA) is 95.5 Å². The first-order valence-corrected chi connectivity index (χ1v) is 7.31. The molecule has 0 heterocycles. The molecule has 6 nitrogen and oxygen atoms in total. The third-order valence-corrected chi connectivity index (χ3v) is 3.93. The summed E-state index contributed by atoms with van der Waals surface area (Å²) < 4.78 is 26.7. The molecule has 0 atom stereocenters. The highest BCUT2D eigenvalue weighted by molar-refractivity contribution is 7.89. The van der Waals surface area contributed by atoms with Crippen molar-refractivity contribution >= 4 is 21.7 Å². The minimum absolute atomic E-state index is 0.0597. The molecule has 0 saturated heterocycles. The van der Waals surface area contributed by atoms with Gasteiger partial charge in [0.05, 0.1) is 11.3 Å². The summed E-state index contributed by atoms with van der Waals surface area (Å²) in [5.74, 6) is -1.00. The van der Waals surface area contributed by atoms with Crippen LogP contribution in [-0.4, -0.2) is 33.1 Å². The molecular formula is C12H18N2O4S. The molecule has 0 saturated carbocycles. The highest BCUT2D eigenvalue weighted by Gasteiger charge is 2.20. The van der Waals surface area contributed by atoms with Crippen molar-refractivity contribution in [1.82, 2.24) is 4.72 Å². The highest BCUT2D eigenvalue weighted by Crippen LogP contribution is 2.22. The van der Waals surface area contributed by atoms with Crippen molar-refractivity contribution < 1.29 is 18.3 Å². The van der Waals surface area contributed by atoms with Gasteiger partial charge in [-0.25, -0.2) is 17.9 Å². The lowest BCUT2D eigenvalue weighted by atomic mass is 10.2. The molecule has 3 N–H and O–H groups in total. The molecule has 7 heteroatoms. The van der Waals surface area contributed by atoms with E-state index in [2.05, 4.69) is 10.0 Å². The SMILES string of the molecule is CNc1ccc(C(=O)O)cc1S(=O)(=O)NCC(C)C. The Kier molecular flexibility index (Phi) is 4.90. The largest absolute Gasteiger partial charge is 0.478 e. The summed E-state index contributed by atoms with van der Waals surface area (Å²) in [7, 11) is -2.15. The number of carboxylic acids is 1. The smallest absolute Gasteiger partial charge is 0.335 e. The van der Waals surface area contributed by atoms with Crippen LogP contribution in [0.3, 0.4) is 0 Å². The predicted octanol–water partition coefficient (Wildman–Crippen LogP) is 1.36. The van der Waals surface area contributed by atoms with Gasteiger partial charge in [-0.2, -0.15) is 0 Å². The van der Waals surface area contributed by atoms with Gasteiger partial charge in [0.15, 0.2) is 0 Å². The summed E-state index contributed by atoms with van der Waals surface area (Å²) >= 11 is 0. The van der Waals surface area contributed by atoms with Gasteiger partial charge in [-0.15, -0.1) is 0 Å². The quantitative estimate of drug-likeness (QED) is 0.734. The van der Waals surface area contributed by atoms with Gasteiger partial charge in [-0.3, -0.25) is 0 Å². The Balaban J connectivity index is 3.22. The molecule has 0 aromatic heterocycles. The van der Waals surface area contributed by atoms with E-state index < -0.39 is 16.0 Å². The van der Waals surface area contributed by atoms with E-state index in [1.165, 1.54) is 12.1 Å². The van der Waals surface area contributed by atoms with Crippen LogP contribution in [0.4, 0.5) is 5.69 Å². The Morgan fingerprint density at radius 3 is 2.47 bits per heavy atom. The van der Waals surface area contributed by atoms with E-state index in [4.69, 9.17) is 5.11 Å². The van der Waals surface area contributed by atoms with Crippen LogP contribution in [0.25, 0.3) is 0 Å². The molecule has 0 bridgehead atoms. The highest BCUT2D eigenvalue weighted by atomic mass is 32.2. The second kappa shape index (κ2) is 6.03. The Labute approximate surface area is 112 Å². The Morgan fingerprint density at radius 2 is 2.00 bits per heavy atom. The van der Waals surface area contributed by atoms with Crippen LogP contribution in [0.5, 0.6) is 0 Å². The van der Waals surface area contributed by atoms with Gasteiger partial charge < -0.3 is 10.4 Å². The maximum Gasteiger partial charge on any atom is 0.335 e. The standard InChI is InChI=1S/C12H18N2O4S/c1-8(2)7-14-19(17,18)11-6-9(12(15)16)4-5-10(11)13-3/h4-6,8,13-14H,7H2,1-3H3,(H,15,16). The zero-order valence-electron chi connectivity index (χ0n) is 11.1. The second-order valence-electron chi connectivity index (χ2n) is 4.51. The van der Waals surface area contributed by atoms with E-state index in [9.17, 15) is 13.2 Å². The third kappa shape index (κ3) is 3.93. The molecule has 0 amide bonds. The van der Waals surface area contributed by atoms with Crippen molar-refractivity contribution in [3.63, 3.8) is 0 Å². The normalized spacial score (nSPS) is 11.6. The second-order valence-corrected chi connectivity index (χ2v) is 6.25. The molecule has 1 aromatic carbocycles. The molecule has 0 aliphatic carbocycles. The number of sulfonamides is 1. The molecule has 0 spiro atoms. The third-order valence-electron chi connectivity index (χ3n) is 2.47. The zero-order chi connectivity index (χ0) is 14.6. The van der Waals surface area contributed by atoms with Crippen molar-refractivity contribution in [2.75, 3.05) is 18.9 Å². The number of anilines is 1. The van der Waals surface area contributed by atoms with Gasteiger partial charge in [-0.1, -0.05) is 13.8 Å². The summed E-state index contributed by atoms with van der Waals surface area (Å²) in [6.07, 6.45) is 0. The van der Waals surface area contributed by atoms with Gasteiger partial charge in [0, 0.05) is 13.6 Å². The molecule has 0 fully saturated rings. The average molecular weight is 286 g/mol. The van der Waals surface area contributed by atoms with E-state index in [1.54, 1.807) is 7.05 Å². The summed E-state index contributed by atoms with van der Waals surface area (Å²) in [5.41, 5.74) is 0.296. The number of benzene rings is 1. The van der Waals surface area contributed by atoms with Crippen LogP contribution < -0.4 is 10.0 Å². The molecule has 1 aromatic rings. The molecule has 0 aliphatic heterocycles. The van der Waals surface area contributed by atoms with Crippen LogP contribution in [0, 0.1) is 5.92 Å².